The molecule has 15 heteroatoms. The van der Waals surface area contributed by atoms with Crippen molar-refractivity contribution in [2.75, 3.05) is 68.5 Å². The number of amides is 1. The minimum absolute atomic E-state index is 0.116. The van der Waals surface area contributed by atoms with Gasteiger partial charge in [0, 0.05) is 83.8 Å². The van der Waals surface area contributed by atoms with Crippen molar-refractivity contribution in [1.29, 1.82) is 0 Å². The maximum absolute atomic E-state index is 13.5. The lowest BCUT2D eigenvalue weighted by Gasteiger charge is -2.37. The first-order valence-corrected chi connectivity index (χ1v) is 24.0. The van der Waals surface area contributed by atoms with Crippen LogP contribution in [-0.2, 0) is 14.8 Å². The first kappa shape index (κ1) is 44.6. The SMILES string of the molecule is C[C@@H]1CC[C@H](C)N1CCC[C@H](CSc1ccccc1)Nc1ccc(S(=O)(=O)NC(=O)c2ccc(N3CCN(CC4=C(c5ccc(Cl)cc5)CCOC4)CC3)cc2)cc1[N+](=O)[O-]. The van der Waals surface area contributed by atoms with E-state index in [-0.39, 0.29) is 27.9 Å². The Morgan fingerprint density at radius 2 is 1.66 bits per heavy atom. The standard InChI is InChI=1S/C46H55ClN6O6S2/c1-33-10-11-34(2)52(33)23-6-7-39(32-60-41-8-4-3-5-9-41)48-44-21-20-42(29-45(44)53(55)56)61(57,58)49-46(54)36-14-18-40(19-15-36)51-26-24-50(25-27-51)30-37-31-59-28-22-43(37)35-12-16-38(47)17-13-35/h3-5,8-9,12-21,29,33-34,39,48H,6-7,10-11,22-28,30-32H2,1-2H3,(H,49,54)/t33-,34+,39-/m1/s1. The van der Waals surface area contributed by atoms with Gasteiger partial charge in [-0.05, 0) is 130 Å². The van der Waals surface area contributed by atoms with Crippen LogP contribution in [0.3, 0.4) is 0 Å². The van der Waals surface area contributed by atoms with Crippen LogP contribution < -0.4 is 14.9 Å². The molecule has 0 spiro atoms. The number of carbonyl (C=O) groups is 1. The Balaban J connectivity index is 0.957. The molecule has 61 heavy (non-hydrogen) atoms. The number of hydrogen-bond donors (Lipinski definition) is 2. The first-order valence-electron chi connectivity index (χ1n) is 21.1. The number of nitrogens with zero attached hydrogens (tertiary/aromatic N) is 4. The van der Waals surface area contributed by atoms with Gasteiger partial charge in [-0.2, -0.15) is 0 Å². The molecule has 7 rings (SSSR count). The maximum atomic E-state index is 13.5. The minimum Gasteiger partial charge on any atom is -0.377 e. The van der Waals surface area contributed by atoms with Crippen molar-refractivity contribution in [2.45, 2.75) is 73.9 Å². The topological polar surface area (TPSA) is 137 Å². The molecule has 3 atom stereocenters. The fourth-order valence-corrected chi connectivity index (χ4v) is 10.7. The van der Waals surface area contributed by atoms with Crippen LogP contribution in [0.5, 0.6) is 0 Å². The molecule has 0 saturated carbocycles. The monoisotopic (exact) mass is 886 g/mol. The van der Waals surface area contributed by atoms with Gasteiger partial charge < -0.3 is 15.0 Å². The summed E-state index contributed by atoms with van der Waals surface area (Å²) in [5, 5.41) is 16.5. The molecule has 3 aliphatic rings. The lowest BCUT2D eigenvalue weighted by Crippen LogP contribution is -2.47. The predicted octanol–water partition coefficient (Wildman–Crippen LogP) is 8.59. The molecule has 2 fully saturated rings. The highest BCUT2D eigenvalue weighted by molar-refractivity contribution is 7.99. The van der Waals surface area contributed by atoms with Crippen LogP contribution in [0.25, 0.3) is 5.57 Å². The van der Waals surface area contributed by atoms with Crippen molar-refractivity contribution in [2.24, 2.45) is 0 Å². The summed E-state index contributed by atoms with van der Waals surface area (Å²) >= 11 is 7.81. The largest absolute Gasteiger partial charge is 0.377 e. The average molecular weight is 888 g/mol. The molecule has 0 unspecified atom stereocenters. The summed E-state index contributed by atoms with van der Waals surface area (Å²) in [4.78, 5) is 33.0. The highest BCUT2D eigenvalue weighted by Gasteiger charge is 2.29. The molecule has 4 aromatic rings. The van der Waals surface area contributed by atoms with Crippen LogP contribution in [0, 0.1) is 10.1 Å². The van der Waals surface area contributed by atoms with Crippen molar-refractivity contribution < 1.29 is 22.9 Å². The van der Waals surface area contributed by atoms with Crippen LogP contribution in [0.15, 0.2) is 112 Å². The summed E-state index contributed by atoms with van der Waals surface area (Å²) in [5.74, 6) is -0.154. The third-order valence-corrected chi connectivity index (χ3v) is 14.8. The highest BCUT2D eigenvalue weighted by Crippen LogP contribution is 2.32. The van der Waals surface area contributed by atoms with Gasteiger partial charge >= 0.3 is 0 Å². The van der Waals surface area contributed by atoms with Gasteiger partial charge in [0.15, 0.2) is 0 Å². The quantitative estimate of drug-likeness (QED) is 0.0600. The van der Waals surface area contributed by atoms with E-state index in [0.717, 1.165) is 80.2 Å². The van der Waals surface area contributed by atoms with Crippen molar-refractivity contribution in [3.63, 3.8) is 0 Å². The number of carbonyl (C=O) groups excluding carboxylic acids is 1. The summed E-state index contributed by atoms with van der Waals surface area (Å²) < 4.78 is 34.9. The van der Waals surface area contributed by atoms with Crippen molar-refractivity contribution in [1.82, 2.24) is 14.5 Å². The third-order valence-electron chi connectivity index (χ3n) is 12.0. The molecule has 12 nitrogen and oxygen atoms in total. The molecule has 3 heterocycles. The zero-order valence-electron chi connectivity index (χ0n) is 34.8. The van der Waals surface area contributed by atoms with Crippen molar-refractivity contribution >= 4 is 61.9 Å². The molecule has 324 valence electrons. The van der Waals surface area contributed by atoms with Crippen LogP contribution in [0.1, 0.15) is 61.9 Å². The molecule has 0 aliphatic carbocycles. The Kier molecular flexibility index (Phi) is 15.1. The maximum Gasteiger partial charge on any atom is 0.293 e. The van der Waals surface area contributed by atoms with Crippen LogP contribution in [-0.4, -0.2) is 105 Å². The van der Waals surface area contributed by atoms with E-state index < -0.39 is 20.9 Å². The number of rotatable bonds is 17. The number of hydrogen-bond acceptors (Lipinski definition) is 11. The van der Waals surface area contributed by atoms with E-state index in [1.54, 1.807) is 23.9 Å². The lowest BCUT2D eigenvalue weighted by molar-refractivity contribution is -0.384. The van der Waals surface area contributed by atoms with Crippen molar-refractivity contribution in [3.8, 4) is 0 Å². The normalized spacial score (nSPS) is 19.5. The second-order valence-electron chi connectivity index (χ2n) is 16.2. The Morgan fingerprint density at radius 1 is 0.951 bits per heavy atom. The zero-order chi connectivity index (χ0) is 42.9. The smallest absolute Gasteiger partial charge is 0.293 e. The van der Waals surface area contributed by atoms with Crippen LogP contribution in [0.4, 0.5) is 17.1 Å². The highest BCUT2D eigenvalue weighted by atomic mass is 35.5. The number of anilines is 2. The number of nitrogens with one attached hydrogen (secondary N) is 2. The van der Waals surface area contributed by atoms with Crippen LogP contribution >= 0.6 is 23.4 Å². The van der Waals surface area contributed by atoms with E-state index in [0.29, 0.717) is 31.1 Å². The molecule has 1 amide bonds. The van der Waals surface area contributed by atoms with E-state index in [4.69, 9.17) is 16.3 Å². The number of nitro groups is 1. The summed E-state index contributed by atoms with van der Waals surface area (Å²) in [7, 11) is -4.44. The summed E-state index contributed by atoms with van der Waals surface area (Å²) in [6, 6.07) is 29.5. The average Bonchev–Trinajstić information content (AvgIpc) is 3.59. The molecule has 0 radical (unpaired) electrons. The van der Waals surface area contributed by atoms with Gasteiger partial charge in [-0.3, -0.25) is 24.7 Å². The number of sulfonamides is 1. The zero-order valence-corrected chi connectivity index (χ0v) is 37.2. The number of benzene rings is 4. The molecule has 3 aliphatic heterocycles. The van der Waals surface area contributed by atoms with Crippen molar-refractivity contribution in [3.05, 3.63) is 129 Å². The first-order chi connectivity index (χ1) is 29.4. The minimum atomic E-state index is -4.44. The molecule has 0 aromatic heterocycles. The predicted molar refractivity (Wildman–Crippen MR) is 245 cm³/mol. The molecule has 2 saturated heterocycles. The Hall–Kier alpha value is -4.44. The second-order valence-corrected chi connectivity index (χ2v) is 19.4. The fraction of sp³-hybridized carbons (Fsp3) is 0.413. The van der Waals surface area contributed by atoms with Gasteiger partial charge in [-0.1, -0.05) is 41.9 Å². The van der Waals surface area contributed by atoms with Gasteiger partial charge in [-0.25, -0.2) is 13.1 Å². The number of halogens is 1. The van der Waals surface area contributed by atoms with Gasteiger partial charge in [0.25, 0.3) is 21.6 Å². The Morgan fingerprint density at radius 3 is 2.34 bits per heavy atom. The molecule has 2 N–H and O–H groups in total. The van der Waals surface area contributed by atoms with E-state index in [2.05, 4.69) is 50.7 Å². The lowest BCUT2D eigenvalue weighted by atomic mass is 9.95. The van der Waals surface area contributed by atoms with Gasteiger partial charge in [0.1, 0.15) is 5.69 Å². The van der Waals surface area contributed by atoms with E-state index in [1.165, 1.54) is 41.7 Å². The summed E-state index contributed by atoms with van der Waals surface area (Å²) in [6.07, 6.45) is 4.93. The molecular weight excluding hydrogens is 832 g/mol. The third kappa shape index (κ3) is 11.7. The van der Waals surface area contributed by atoms with E-state index in [1.807, 2.05) is 54.6 Å². The molecule has 0 bridgehead atoms. The number of likely N-dealkylation sites (tertiary alicyclic amines) is 1. The number of piperazine rings is 1. The van der Waals surface area contributed by atoms with E-state index >= 15 is 0 Å². The van der Waals surface area contributed by atoms with Crippen LogP contribution in [0.2, 0.25) is 5.02 Å². The molecular formula is C46H55ClN6O6S2. The van der Waals surface area contributed by atoms with E-state index in [9.17, 15) is 23.3 Å². The summed E-state index contributed by atoms with van der Waals surface area (Å²) in [5.41, 5.74) is 4.76. The molecule has 4 aromatic carbocycles. The number of nitro benzene ring substituents is 1. The fourth-order valence-electron chi connectivity index (χ4n) is 8.56. The van der Waals surface area contributed by atoms with Gasteiger partial charge in [-0.15, -0.1) is 11.8 Å². The van der Waals surface area contributed by atoms with Gasteiger partial charge in [0.2, 0.25) is 0 Å². The second kappa shape index (κ2) is 20.6. The Labute approximate surface area is 368 Å². The number of ether oxygens (including phenoxy) is 1. The van der Waals surface area contributed by atoms with Gasteiger partial charge in [0.05, 0.1) is 23.0 Å². The number of thioether (sulfide) groups is 1. The Bertz CT molecular complexity index is 2260. The summed E-state index contributed by atoms with van der Waals surface area (Å²) in [6.45, 7) is 10.9.